The Morgan fingerprint density at radius 1 is 1.58 bits per heavy atom. The van der Waals surface area contributed by atoms with Gasteiger partial charge in [0.1, 0.15) is 12.7 Å². The van der Waals surface area contributed by atoms with Crippen molar-refractivity contribution in [3.63, 3.8) is 0 Å². The summed E-state index contributed by atoms with van der Waals surface area (Å²) < 4.78 is 1.62. The molecule has 19 heavy (non-hydrogen) atoms. The van der Waals surface area contributed by atoms with Gasteiger partial charge in [-0.2, -0.15) is 0 Å². The van der Waals surface area contributed by atoms with Gasteiger partial charge in [0.15, 0.2) is 5.82 Å². The van der Waals surface area contributed by atoms with Gasteiger partial charge in [-0.15, -0.1) is 0 Å². The number of rotatable bonds is 5. The zero-order valence-electron chi connectivity index (χ0n) is 11.3. The van der Waals surface area contributed by atoms with Crippen LogP contribution in [-0.4, -0.2) is 50.2 Å². The number of aromatic nitrogens is 2. The van der Waals surface area contributed by atoms with Gasteiger partial charge in [-0.05, 0) is 23.8 Å². The average molecular weight is 268 g/mol. The third kappa shape index (κ3) is 2.76. The highest BCUT2D eigenvalue weighted by atomic mass is 16.6. The molecule has 1 aromatic rings. The third-order valence-corrected chi connectivity index (χ3v) is 4.02. The standard InChI is InChI=1S/C12H20N4O3/c1-9-3-4-14(11(9)8-17)5-6-15-10(2)13-7-12(15)16(18)19/h7,9,11,17H,3-6,8H2,1-2H3. The minimum absolute atomic E-state index is 0.0327. The van der Waals surface area contributed by atoms with Crippen molar-refractivity contribution in [2.75, 3.05) is 19.7 Å². The van der Waals surface area contributed by atoms with E-state index in [0.29, 0.717) is 24.8 Å². The number of nitro groups is 1. The number of aliphatic hydroxyl groups excluding tert-OH is 1. The van der Waals surface area contributed by atoms with Gasteiger partial charge in [0.25, 0.3) is 0 Å². The molecule has 1 aliphatic rings. The molecule has 1 aliphatic heterocycles. The van der Waals surface area contributed by atoms with E-state index in [1.165, 1.54) is 6.20 Å². The third-order valence-electron chi connectivity index (χ3n) is 4.02. The van der Waals surface area contributed by atoms with Crippen LogP contribution >= 0.6 is 0 Å². The molecule has 7 nitrogen and oxygen atoms in total. The van der Waals surface area contributed by atoms with E-state index >= 15 is 0 Å². The van der Waals surface area contributed by atoms with Gasteiger partial charge in [0.05, 0.1) is 6.61 Å². The lowest BCUT2D eigenvalue weighted by Gasteiger charge is -2.24. The fraction of sp³-hybridized carbons (Fsp3) is 0.750. The first kappa shape index (κ1) is 14.0. The summed E-state index contributed by atoms with van der Waals surface area (Å²) in [6.07, 6.45) is 2.36. The highest BCUT2D eigenvalue weighted by Gasteiger charge is 2.31. The highest BCUT2D eigenvalue weighted by Crippen LogP contribution is 2.23. The molecule has 0 radical (unpaired) electrons. The zero-order valence-corrected chi connectivity index (χ0v) is 11.3. The van der Waals surface area contributed by atoms with Crippen molar-refractivity contribution >= 4 is 5.82 Å². The van der Waals surface area contributed by atoms with Crippen molar-refractivity contribution in [1.29, 1.82) is 0 Å². The van der Waals surface area contributed by atoms with Crippen molar-refractivity contribution in [3.05, 3.63) is 22.1 Å². The molecule has 7 heteroatoms. The zero-order chi connectivity index (χ0) is 14.0. The van der Waals surface area contributed by atoms with Crippen molar-refractivity contribution < 1.29 is 10.0 Å². The Labute approximate surface area is 112 Å². The highest BCUT2D eigenvalue weighted by molar-refractivity contribution is 5.18. The van der Waals surface area contributed by atoms with Crippen molar-refractivity contribution in [2.45, 2.75) is 32.9 Å². The van der Waals surface area contributed by atoms with E-state index in [1.807, 2.05) is 0 Å². The number of aliphatic hydroxyl groups is 1. The van der Waals surface area contributed by atoms with Gasteiger partial charge in [0.2, 0.25) is 0 Å². The molecule has 0 bridgehead atoms. The minimum atomic E-state index is -0.407. The minimum Gasteiger partial charge on any atom is -0.395 e. The van der Waals surface area contributed by atoms with Crippen LogP contribution in [0, 0.1) is 23.0 Å². The fourth-order valence-electron chi connectivity index (χ4n) is 2.77. The maximum absolute atomic E-state index is 10.9. The number of hydrogen-bond donors (Lipinski definition) is 1. The van der Waals surface area contributed by atoms with Gasteiger partial charge >= 0.3 is 5.82 Å². The van der Waals surface area contributed by atoms with Crippen LogP contribution in [0.5, 0.6) is 0 Å². The molecule has 1 saturated heterocycles. The number of nitrogens with zero attached hydrogens (tertiary/aromatic N) is 4. The van der Waals surface area contributed by atoms with Crippen LogP contribution in [0.1, 0.15) is 19.2 Å². The molecule has 2 unspecified atom stereocenters. The Morgan fingerprint density at radius 3 is 2.95 bits per heavy atom. The summed E-state index contributed by atoms with van der Waals surface area (Å²) in [5.74, 6) is 1.16. The van der Waals surface area contributed by atoms with E-state index in [-0.39, 0.29) is 18.5 Å². The van der Waals surface area contributed by atoms with Gasteiger partial charge in [-0.25, -0.2) is 9.55 Å². The molecule has 1 N–H and O–H groups in total. The van der Waals surface area contributed by atoms with Crippen LogP contribution < -0.4 is 0 Å². The van der Waals surface area contributed by atoms with Crippen LogP contribution in [0.2, 0.25) is 0 Å². The molecule has 2 heterocycles. The van der Waals surface area contributed by atoms with E-state index in [4.69, 9.17) is 0 Å². The largest absolute Gasteiger partial charge is 0.395 e. The predicted octanol–water partition coefficient (Wildman–Crippen LogP) is 0.802. The Hall–Kier alpha value is -1.47. The second-order valence-electron chi connectivity index (χ2n) is 5.12. The molecular formula is C12H20N4O3. The fourth-order valence-corrected chi connectivity index (χ4v) is 2.77. The first-order valence-corrected chi connectivity index (χ1v) is 6.56. The number of aryl methyl sites for hydroxylation is 1. The van der Waals surface area contributed by atoms with E-state index in [2.05, 4.69) is 16.8 Å². The number of likely N-dealkylation sites (tertiary alicyclic amines) is 1. The Bertz CT molecular complexity index is 460. The lowest BCUT2D eigenvalue weighted by Crippen LogP contribution is -2.37. The van der Waals surface area contributed by atoms with E-state index in [1.54, 1.807) is 11.5 Å². The normalized spacial score (nSPS) is 23.9. The smallest absolute Gasteiger partial charge is 0.342 e. The van der Waals surface area contributed by atoms with E-state index in [0.717, 1.165) is 13.0 Å². The van der Waals surface area contributed by atoms with Crippen LogP contribution in [-0.2, 0) is 6.54 Å². The second kappa shape index (κ2) is 5.66. The lowest BCUT2D eigenvalue weighted by atomic mass is 10.0. The van der Waals surface area contributed by atoms with Crippen molar-refractivity contribution in [1.82, 2.24) is 14.5 Å². The molecule has 1 aromatic heterocycles. The molecule has 0 saturated carbocycles. The summed E-state index contributed by atoms with van der Waals surface area (Å²) in [6.45, 7) is 6.22. The summed E-state index contributed by atoms with van der Waals surface area (Å²) in [6, 6.07) is 0.169. The Morgan fingerprint density at radius 2 is 2.32 bits per heavy atom. The van der Waals surface area contributed by atoms with Gasteiger partial charge in [0, 0.05) is 19.5 Å². The first-order valence-electron chi connectivity index (χ1n) is 6.56. The van der Waals surface area contributed by atoms with Gasteiger partial charge in [-0.1, -0.05) is 6.92 Å². The van der Waals surface area contributed by atoms with E-state index < -0.39 is 4.92 Å². The predicted molar refractivity (Wildman–Crippen MR) is 69.8 cm³/mol. The quantitative estimate of drug-likeness (QED) is 0.631. The van der Waals surface area contributed by atoms with Crippen LogP contribution in [0.25, 0.3) is 0 Å². The van der Waals surface area contributed by atoms with Gasteiger partial charge in [-0.3, -0.25) is 4.90 Å². The first-order chi connectivity index (χ1) is 9.04. The van der Waals surface area contributed by atoms with Gasteiger partial charge < -0.3 is 15.2 Å². The molecule has 2 rings (SSSR count). The average Bonchev–Trinajstić information content (AvgIpc) is 2.90. The molecule has 0 aromatic carbocycles. The molecule has 1 fully saturated rings. The molecule has 0 amide bonds. The molecule has 0 aliphatic carbocycles. The summed E-state index contributed by atoms with van der Waals surface area (Å²) in [5, 5.41) is 20.3. The maximum atomic E-state index is 10.9. The molecule has 2 atom stereocenters. The molecular weight excluding hydrogens is 248 g/mol. The monoisotopic (exact) mass is 268 g/mol. The topological polar surface area (TPSA) is 84.4 Å². The van der Waals surface area contributed by atoms with Crippen LogP contribution in [0.3, 0.4) is 0 Å². The summed E-state index contributed by atoms with van der Waals surface area (Å²) in [7, 11) is 0. The molecule has 0 spiro atoms. The maximum Gasteiger partial charge on any atom is 0.342 e. The van der Waals surface area contributed by atoms with Crippen LogP contribution in [0.15, 0.2) is 6.20 Å². The van der Waals surface area contributed by atoms with E-state index in [9.17, 15) is 15.2 Å². The molecule has 106 valence electrons. The summed E-state index contributed by atoms with van der Waals surface area (Å²) in [5.41, 5.74) is 0. The Kier molecular flexibility index (Phi) is 4.16. The van der Waals surface area contributed by atoms with Crippen LogP contribution in [0.4, 0.5) is 5.82 Å². The summed E-state index contributed by atoms with van der Waals surface area (Å²) >= 11 is 0. The number of hydrogen-bond acceptors (Lipinski definition) is 5. The van der Waals surface area contributed by atoms with Crippen molar-refractivity contribution in [3.8, 4) is 0 Å². The SMILES string of the molecule is Cc1ncc([N+](=O)[O-])n1CCN1CCC(C)C1CO. The number of imidazole rings is 1. The lowest BCUT2D eigenvalue weighted by molar-refractivity contribution is -0.392. The Balaban J connectivity index is 2.03. The van der Waals surface area contributed by atoms with Crippen molar-refractivity contribution in [2.24, 2.45) is 5.92 Å². The second-order valence-corrected chi connectivity index (χ2v) is 5.12. The summed E-state index contributed by atoms with van der Waals surface area (Å²) in [4.78, 5) is 16.7.